The van der Waals surface area contributed by atoms with Crippen molar-refractivity contribution >= 4 is 22.8 Å². The van der Waals surface area contributed by atoms with E-state index in [0.29, 0.717) is 23.9 Å². The molecule has 0 bridgehead atoms. The number of hydrogen-bond acceptors (Lipinski definition) is 7. The van der Waals surface area contributed by atoms with Crippen LogP contribution in [0.4, 0.5) is 11.5 Å². The third kappa shape index (κ3) is 2.35. The number of aryl methyl sites for hydroxylation is 1. The monoisotopic (exact) mass is 265 g/mol. The zero-order valence-electron chi connectivity index (χ0n) is 10.5. The molecule has 0 aromatic carbocycles. The molecule has 0 aliphatic rings. The molecule has 96 valence electrons. The molecule has 0 amide bonds. The minimum Gasteiger partial charge on any atom is -0.479 e. The second kappa shape index (κ2) is 5.18. The van der Waals surface area contributed by atoms with Crippen molar-refractivity contribution in [3.8, 4) is 5.88 Å². The van der Waals surface area contributed by atoms with Crippen LogP contribution in [0.5, 0.6) is 5.88 Å². The number of nitrogens with two attached hydrogens (primary N) is 1. The standard InChI is InChI=1S/C11H15N5OS/c1-7-8(18-6-15-7)4-16(2)10-9(12)11(17-3)14-5-13-10/h5-6H,4,12H2,1-3H3. The van der Waals surface area contributed by atoms with Gasteiger partial charge >= 0.3 is 0 Å². The van der Waals surface area contributed by atoms with Crippen LogP contribution in [-0.2, 0) is 6.54 Å². The molecule has 0 saturated heterocycles. The highest BCUT2D eigenvalue weighted by atomic mass is 32.1. The summed E-state index contributed by atoms with van der Waals surface area (Å²) in [6, 6.07) is 0. The van der Waals surface area contributed by atoms with E-state index >= 15 is 0 Å². The van der Waals surface area contributed by atoms with Gasteiger partial charge in [-0.15, -0.1) is 11.3 Å². The minimum absolute atomic E-state index is 0.396. The van der Waals surface area contributed by atoms with Gasteiger partial charge in [-0.2, -0.15) is 4.98 Å². The molecule has 0 spiro atoms. The smallest absolute Gasteiger partial charge is 0.242 e. The normalized spacial score (nSPS) is 10.4. The van der Waals surface area contributed by atoms with Gasteiger partial charge in [0.1, 0.15) is 12.0 Å². The van der Waals surface area contributed by atoms with Crippen LogP contribution < -0.4 is 15.4 Å². The molecule has 0 atom stereocenters. The fourth-order valence-electron chi connectivity index (χ4n) is 1.61. The molecule has 2 rings (SSSR count). The molecule has 0 aliphatic carbocycles. The van der Waals surface area contributed by atoms with Crippen LogP contribution in [0.2, 0.25) is 0 Å². The molecule has 0 unspecified atom stereocenters. The first kappa shape index (κ1) is 12.6. The van der Waals surface area contributed by atoms with Gasteiger partial charge in [0.15, 0.2) is 5.82 Å². The third-order valence-electron chi connectivity index (χ3n) is 2.61. The summed E-state index contributed by atoms with van der Waals surface area (Å²) < 4.78 is 5.08. The molecule has 0 aliphatic heterocycles. The van der Waals surface area contributed by atoms with E-state index in [1.165, 1.54) is 18.3 Å². The maximum absolute atomic E-state index is 5.96. The predicted octanol–water partition coefficient (Wildman–Crippen LogP) is 1.47. The fraction of sp³-hybridized carbons (Fsp3) is 0.364. The first-order valence-electron chi connectivity index (χ1n) is 5.38. The van der Waals surface area contributed by atoms with Crippen LogP contribution in [0.15, 0.2) is 11.8 Å². The summed E-state index contributed by atoms with van der Waals surface area (Å²) >= 11 is 1.62. The molecular weight excluding hydrogens is 250 g/mol. The van der Waals surface area contributed by atoms with Gasteiger partial charge in [0.25, 0.3) is 0 Å². The van der Waals surface area contributed by atoms with Gasteiger partial charge in [-0.3, -0.25) is 0 Å². The second-order valence-electron chi connectivity index (χ2n) is 3.84. The van der Waals surface area contributed by atoms with Gasteiger partial charge in [0.05, 0.1) is 24.9 Å². The SMILES string of the molecule is COc1ncnc(N(C)Cc2scnc2C)c1N. The van der Waals surface area contributed by atoms with Crippen LogP contribution in [0, 0.1) is 6.92 Å². The van der Waals surface area contributed by atoms with Crippen molar-refractivity contribution in [1.29, 1.82) is 0 Å². The van der Waals surface area contributed by atoms with Crippen LogP contribution in [0.3, 0.4) is 0 Å². The summed E-state index contributed by atoms with van der Waals surface area (Å²) in [6.45, 7) is 2.70. The molecule has 7 heteroatoms. The second-order valence-corrected chi connectivity index (χ2v) is 4.78. The lowest BCUT2D eigenvalue weighted by Gasteiger charge is -2.19. The Bertz CT molecular complexity index is 542. The Morgan fingerprint density at radius 3 is 2.78 bits per heavy atom. The van der Waals surface area contributed by atoms with E-state index in [9.17, 15) is 0 Å². The topological polar surface area (TPSA) is 77.2 Å². The Hall–Kier alpha value is -1.89. The van der Waals surface area contributed by atoms with Crippen molar-refractivity contribution < 1.29 is 4.74 Å². The van der Waals surface area contributed by atoms with Crippen molar-refractivity contribution in [3.63, 3.8) is 0 Å². The zero-order chi connectivity index (χ0) is 13.1. The highest BCUT2D eigenvalue weighted by Crippen LogP contribution is 2.28. The molecule has 6 nitrogen and oxygen atoms in total. The van der Waals surface area contributed by atoms with Gasteiger partial charge in [-0.05, 0) is 6.92 Å². The lowest BCUT2D eigenvalue weighted by molar-refractivity contribution is 0.399. The molecule has 2 heterocycles. The molecule has 18 heavy (non-hydrogen) atoms. The van der Waals surface area contributed by atoms with Gasteiger partial charge in [0.2, 0.25) is 5.88 Å². The predicted molar refractivity (Wildman–Crippen MR) is 72.0 cm³/mol. The largest absolute Gasteiger partial charge is 0.479 e. The maximum Gasteiger partial charge on any atom is 0.242 e. The van der Waals surface area contributed by atoms with E-state index in [1.807, 2.05) is 24.4 Å². The van der Waals surface area contributed by atoms with E-state index in [-0.39, 0.29) is 0 Å². The average Bonchev–Trinajstić information content (AvgIpc) is 2.75. The zero-order valence-corrected chi connectivity index (χ0v) is 11.4. The third-order valence-corrected chi connectivity index (χ3v) is 3.53. The van der Waals surface area contributed by atoms with Crippen molar-refractivity contribution in [2.45, 2.75) is 13.5 Å². The molecular formula is C11H15N5OS. The molecule has 0 saturated carbocycles. The Balaban J connectivity index is 2.24. The maximum atomic E-state index is 5.96. The number of hydrogen-bond donors (Lipinski definition) is 1. The van der Waals surface area contributed by atoms with Gasteiger partial charge in [-0.1, -0.05) is 0 Å². The number of aromatic nitrogens is 3. The number of methoxy groups -OCH3 is 1. The number of rotatable bonds is 4. The van der Waals surface area contributed by atoms with E-state index in [4.69, 9.17) is 10.5 Å². The average molecular weight is 265 g/mol. The summed E-state index contributed by atoms with van der Waals surface area (Å²) in [4.78, 5) is 15.5. The van der Waals surface area contributed by atoms with Gasteiger partial charge in [-0.25, -0.2) is 9.97 Å². The Labute approximate surface area is 109 Å². The van der Waals surface area contributed by atoms with Crippen molar-refractivity contribution in [3.05, 3.63) is 22.4 Å². The van der Waals surface area contributed by atoms with Crippen molar-refractivity contribution in [2.75, 3.05) is 24.8 Å². The number of thiazole rings is 1. The lowest BCUT2D eigenvalue weighted by atomic mass is 10.3. The summed E-state index contributed by atoms with van der Waals surface area (Å²) in [5, 5.41) is 0. The fourth-order valence-corrected chi connectivity index (χ4v) is 2.44. The molecule has 2 aromatic rings. The van der Waals surface area contributed by atoms with E-state index in [0.717, 1.165) is 5.69 Å². The van der Waals surface area contributed by atoms with Crippen molar-refractivity contribution in [2.24, 2.45) is 0 Å². The quantitative estimate of drug-likeness (QED) is 0.902. The summed E-state index contributed by atoms with van der Waals surface area (Å²) in [7, 11) is 3.47. The lowest BCUT2D eigenvalue weighted by Crippen LogP contribution is -2.19. The van der Waals surface area contributed by atoms with Crippen LogP contribution in [0.25, 0.3) is 0 Å². The summed E-state index contributed by atoms with van der Waals surface area (Å²) in [5.74, 6) is 1.06. The molecule has 0 fully saturated rings. The van der Waals surface area contributed by atoms with E-state index in [1.54, 1.807) is 11.3 Å². The Kier molecular flexibility index (Phi) is 3.61. The van der Waals surface area contributed by atoms with Crippen molar-refractivity contribution in [1.82, 2.24) is 15.0 Å². The van der Waals surface area contributed by atoms with Crippen LogP contribution in [0.1, 0.15) is 10.6 Å². The van der Waals surface area contributed by atoms with E-state index < -0.39 is 0 Å². The first-order chi connectivity index (χ1) is 8.63. The minimum atomic E-state index is 0.396. The van der Waals surface area contributed by atoms with Gasteiger partial charge in [0, 0.05) is 11.9 Å². The number of nitrogens with zero attached hydrogens (tertiary/aromatic N) is 4. The first-order valence-corrected chi connectivity index (χ1v) is 6.26. The van der Waals surface area contributed by atoms with Crippen LogP contribution >= 0.6 is 11.3 Å². The number of ether oxygens (including phenoxy) is 1. The number of anilines is 2. The van der Waals surface area contributed by atoms with E-state index in [2.05, 4.69) is 15.0 Å². The number of nitrogen functional groups attached to an aromatic ring is 1. The highest BCUT2D eigenvalue weighted by Gasteiger charge is 2.14. The molecule has 2 N–H and O–H groups in total. The van der Waals surface area contributed by atoms with Crippen LogP contribution in [-0.4, -0.2) is 29.1 Å². The molecule has 0 radical (unpaired) electrons. The molecule has 2 aromatic heterocycles. The summed E-state index contributed by atoms with van der Waals surface area (Å²) in [6.07, 6.45) is 1.44. The Morgan fingerprint density at radius 1 is 1.39 bits per heavy atom. The van der Waals surface area contributed by atoms with Gasteiger partial charge < -0.3 is 15.4 Å². The Morgan fingerprint density at radius 2 is 2.17 bits per heavy atom. The summed E-state index contributed by atoms with van der Waals surface area (Å²) in [5.41, 5.74) is 9.28. The highest BCUT2D eigenvalue weighted by molar-refractivity contribution is 7.09.